The summed E-state index contributed by atoms with van der Waals surface area (Å²) in [5, 5.41) is 15.8. The van der Waals surface area contributed by atoms with Crippen molar-refractivity contribution >= 4 is 29.9 Å². The highest BCUT2D eigenvalue weighted by atomic mass is 127. The molecule has 5 heteroatoms. The predicted molar refractivity (Wildman–Crippen MR) is 101 cm³/mol. The van der Waals surface area contributed by atoms with Crippen LogP contribution in [-0.4, -0.2) is 37.3 Å². The number of nitrogens with zero attached hydrogens (tertiary/aromatic N) is 1. The van der Waals surface area contributed by atoms with Crippen LogP contribution in [-0.2, 0) is 0 Å². The van der Waals surface area contributed by atoms with Crippen molar-refractivity contribution in [3.05, 3.63) is 0 Å². The van der Waals surface area contributed by atoms with E-state index in [1.165, 1.54) is 25.7 Å². The van der Waals surface area contributed by atoms with Gasteiger partial charge in [-0.3, -0.25) is 4.99 Å². The van der Waals surface area contributed by atoms with Crippen LogP contribution in [0.4, 0.5) is 0 Å². The minimum atomic E-state index is 0. The van der Waals surface area contributed by atoms with Gasteiger partial charge in [-0.2, -0.15) is 0 Å². The van der Waals surface area contributed by atoms with Crippen LogP contribution in [0, 0.1) is 11.8 Å². The molecule has 0 spiro atoms. The number of hydrogen-bond acceptors (Lipinski definition) is 2. The van der Waals surface area contributed by atoms with Gasteiger partial charge >= 0.3 is 0 Å². The Morgan fingerprint density at radius 3 is 2.57 bits per heavy atom. The molecule has 1 aliphatic carbocycles. The Hall–Kier alpha value is -0.0400. The van der Waals surface area contributed by atoms with Gasteiger partial charge in [0.15, 0.2) is 5.96 Å². The standard InChI is InChI=1S/C16H33N3O.HI/c1-3-6-15(10-12-20)13-19-16(17-4-2)18-11-5-7-14-8-9-14;/h14-15,20H,3-13H2,1-2H3,(H2,17,18,19);1H. The summed E-state index contributed by atoms with van der Waals surface area (Å²) < 4.78 is 0. The van der Waals surface area contributed by atoms with Gasteiger partial charge in [0.2, 0.25) is 0 Å². The number of aliphatic hydroxyl groups excluding tert-OH is 1. The molecule has 1 aliphatic rings. The van der Waals surface area contributed by atoms with E-state index in [9.17, 15) is 0 Å². The number of guanidine groups is 1. The highest BCUT2D eigenvalue weighted by molar-refractivity contribution is 14.0. The lowest BCUT2D eigenvalue weighted by atomic mass is 10.0. The van der Waals surface area contributed by atoms with Crippen molar-refractivity contribution in [3.63, 3.8) is 0 Å². The monoisotopic (exact) mass is 411 g/mol. The Labute approximate surface area is 147 Å². The molecule has 0 saturated heterocycles. The van der Waals surface area contributed by atoms with Crippen molar-refractivity contribution in [3.8, 4) is 0 Å². The van der Waals surface area contributed by atoms with Gasteiger partial charge in [0.25, 0.3) is 0 Å². The summed E-state index contributed by atoms with van der Waals surface area (Å²) in [7, 11) is 0. The van der Waals surface area contributed by atoms with Gasteiger partial charge in [0, 0.05) is 26.2 Å². The molecule has 0 aromatic carbocycles. The van der Waals surface area contributed by atoms with E-state index in [0.29, 0.717) is 5.92 Å². The zero-order valence-electron chi connectivity index (χ0n) is 13.7. The first-order valence-corrected chi connectivity index (χ1v) is 8.43. The summed E-state index contributed by atoms with van der Waals surface area (Å²) in [5.74, 6) is 2.45. The zero-order chi connectivity index (χ0) is 14.6. The summed E-state index contributed by atoms with van der Waals surface area (Å²) in [6.07, 6.45) is 8.64. The number of hydrogen-bond donors (Lipinski definition) is 3. The number of halogens is 1. The van der Waals surface area contributed by atoms with Crippen LogP contribution >= 0.6 is 24.0 Å². The van der Waals surface area contributed by atoms with Crippen LogP contribution in [0.5, 0.6) is 0 Å². The van der Waals surface area contributed by atoms with E-state index in [0.717, 1.165) is 50.8 Å². The molecule has 1 rings (SSSR count). The summed E-state index contributed by atoms with van der Waals surface area (Å²) in [6, 6.07) is 0. The first-order chi connectivity index (χ1) is 9.80. The summed E-state index contributed by atoms with van der Waals surface area (Å²) in [5.41, 5.74) is 0. The molecule has 1 fully saturated rings. The van der Waals surface area contributed by atoms with E-state index in [1.54, 1.807) is 0 Å². The second-order valence-corrected chi connectivity index (χ2v) is 5.90. The maximum Gasteiger partial charge on any atom is 0.191 e. The largest absolute Gasteiger partial charge is 0.396 e. The van der Waals surface area contributed by atoms with E-state index in [-0.39, 0.29) is 30.6 Å². The third-order valence-electron chi connectivity index (χ3n) is 3.86. The Kier molecular flexibility index (Phi) is 13.6. The molecule has 1 unspecified atom stereocenters. The van der Waals surface area contributed by atoms with Gasteiger partial charge in [-0.1, -0.05) is 26.2 Å². The van der Waals surface area contributed by atoms with Crippen LogP contribution in [0.1, 0.15) is 58.8 Å². The Balaban J connectivity index is 0.00000400. The van der Waals surface area contributed by atoms with Gasteiger partial charge in [0.1, 0.15) is 0 Å². The Morgan fingerprint density at radius 1 is 1.24 bits per heavy atom. The van der Waals surface area contributed by atoms with Gasteiger partial charge in [-0.15, -0.1) is 24.0 Å². The fourth-order valence-corrected chi connectivity index (χ4v) is 2.48. The van der Waals surface area contributed by atoms with Gasteiger partial charge < -0.3 is 15.7 Å². The fourth-order valence-electron chi connectivity index (χ4n) is 2.48. The smallest absolute Gasteiger partial charge is 0.191 e. The van der Waals surface area contributed by atoms with Crippen molar-refractivity contribution in [1.29, 1.82) is 0 Å². The summed E-state index contributed by atoms with van der Waals surface area (Å²) >= 11 is 0. The van der Waals surface area contributed by atoms with Crippen LogP contribution in [0.25, 0.3) is 0 Å². The highest BCUT2D eigenvalue weighted by Crippen LogP contribution is 2.33. The first-order valence-electron chi connectivity index (χ1n) is 8.43. The van der Waals surface area contributed by atoms with Crippen molar-refractivity contribution in [1.82, 2.24) is 10.6 Å². The van der Waals surface area contributed by atoms with Gasteiger partial charge in [0.05, 0.1) is 0 Å². The van der Waals surface area contributed by atoms with Crippen molar-refractivity contribution < 1.29 is 5.11 Å². The second-order valence-electron chi connectivity index (χ2n) is 5.90. The number of aliphatic imine (C=N–C) groups is 1. The molecule has 0 aromatic rings. The third-order valence-corrected chi connectivity index (χ3v) is 3.86. The van der Waals surface area contributed by atoms with E-state index in [2.05, 4.69) is 29.5 Å². The number of aliphatic hydroxyl groups is 1. The predicted octanol–water partition coefficient (Wildman–Crippen LogP) is 3.15. The van der Waals surface area contributed by atoms with Crippen LogP contribution in [0.3, 0.4) is 0 Å². The number of nitrogens with one attached hydrogen (secondary N) is 2. The normalized spacial score (nSPS) is 16.2. The molecular formula is C16H34IN3O. The maximum atomic E-state index is 9.08. The SMILES string of the molecule is CCCC(CCO)CN=C(NCC)NCCCC1CC1.I. The van der Waals surface area contributed by atoms with E-state index in [1.807, 2.05) is 0 Å². The molecule has 0 heterocycles. The van der Waals surface area contributed by atoms with Crippen molar-refractivity contribution in [2.24, 2.45) is 16.8 Å². The van der Waals surface area contributed by atoms with Crippen LogP contribution in [0.2, 0.25) is 0 Å². The quantitative estimate of drug-likeness (QED) is 0.212. The lowest BCUT2D eigenvalue weighted by molar-refractivity contribution is 0.253. The lowest BCUT2D eigenvalue weighted by Gasteiger charge is -2.15. The third kappa shape index (κ3) is 11.2. The number of rotatable bonds is 11. The summed E-state index contributed by atoms with van der Waals surface area (Å²) in [4.78, 5) is 4.67. The van der Waals surface area contributed by atoms with E-state index >= 15 is 0 Å². The first kappa shape index (κ1) is 21.0. The van der Waals surface area contributed by atoms with Crippen molar-refractivity contribution in [2.75, 3.05) is 26.2 Å². The molecule has 0 aliphatic heterocycles. The zero-order valence-corrected chi connectivity index (χ0v) is 16.1. The molecule has 21 heavy (non-hydrogen) atoms. The summed E-state index contributed by atoms with van der Waals surface area (Å²) in [6.45, 7) is 7.28. The minimum Gasteiger partial charge on any atom is -0.396 e. The fraction of sp³-hybridized carbons (Fsp3) is 0.938. The molecule has 0 amide bonds. The molecule has 1 saturated carbocycles. The second kappa shape index (κ2) is 13.6. The molecule has 3 N–H and O–H groups in total. The topological polar surface area (TPSA) is 56.7 Å². The lowest BCUT2D eigenvalue weighted by Crippen LogP contribution is -2.38. The van der Waals surface area contributed by atoms with Crippen molar-refractivity contribution in [2.45, 2.75) is 58.8 Å². The minimum absolute atomic E-state index is 0. The van der Waals surface area contributed by atoms with Crippen LogP contribution < -0.4 is 10.6 Å². The highest BCUT2D eigenvalue weighted by Gasteiger charge is 2.19. The molecule has 0 aromatic heterocycles. The van der Waals surface area contributed by atoms with Gasteiger partial charge in [-0.05, 0) is 44.4 Å². The molecule has 4 nitrogen and oxygen atoms in total. The molecule has 0 radical (unpaired) electrons. The van der Waals surface area contributed by atoms with Crippen LogP contribution in [0.15, 0.2) is 4.99 Å². The average molecular weight is 411 g/mol. The Bertz CT molecular complexity index is 264. The molecule has 126 valence electrons. The van der Waals surface area contributed by atoms with E-state index < -0.39 is 0 Å². The van der Waals surface area contributed by atoms with Gasteiger partial charge in [-0.25, -0.2) is 0 Å². The maximum absolute atomic E-state index is 9.08. The molecular weight excluding hydrogens is 377 g/mol. The van der Waals surface area contributed by atoms with E-state index in [4.69, 9.17) is 5.11 Å². The Morgan fingerprint density at radius 2 is 2.00 bits per heavy atom. The molecule has 1 atom stereocenters. The molecule has 0 bridgehead atoms. The average Bonchev–Trinajstić information content (AvgIpc) is 3.25.